The average molecular weight is 345 g/mol. The zero-order valence-corrected chi connectivity index (χ0v) is 12.0. The van der Waals surface area contributed by atoms with Crippen LogP contribution in [0.2, 0.25) is 0 Å². The van der Waals surface area contributed by atoms with Gasteiger partial charge in [-0.05, 0) is 0 Å². The number of nitrogens with zero attached hydrogens (tertiary/aromatic N) is 1. The molecule has 0 saturated heterocycles. The van der Waals surface area contributed by atoms with Crippen LogP contribution in [0.4, 0.5) is 0 Å². The molecule has 10 heavy (non-hydrogen) atoms. The molecule has 0 radical (unpaired) electrons. The van der Waals surface area contributed by atoms with Crippen LogP contribution in [0, 0.1) is 0 Å². The van der Waals surface area contributed by atoms with E-state index in [-0.39, 0.29) is 26.2 Å². The van der Waals surface area contributed by atoms with Crippen molar-refractivity contribution in [2.75, 3.05) is 14.1 Å². The van der Waals surface area contributed by atoms with Gasteiger partial charge in [-0.2, -0.15) is 0 Å². The summed E-state index contributed by atoms with van der Waals surface area (Å²) in [6.45, 7) is 1.08. The molecule has 0 spiro atoms. The first-order chi connectivity index (χ1) is 4.00. The van der Waals surface area contributed by atoms with E-state index in [1.54, 1.807) is 14.1 Å². The fourth-order valence-corrected chi connectivity index (χ4v) is 0. The molecule has 0 aromatic rings. The number of rotatable bonds is 1. The van der Waals surface area contributed by atoms with E-state index in [0.717, 1.165) is 13.3 Å². The van der Waals surface area contributed by atoms with Crippen LogP contribution in [-0.4, -0.2) is 62.7 Å². The quantitative estimate of drug-likeness (QED) is 0.471. The molecular weight excluding hydrogens is 331 g/mol. The molecule has 0 aliphatic rings. The number of aliphatic carboxylic acids is 1. The molecule has 0 bridgehead atoms. The molecule has 0 aromatic carbocycles. The summed E-state index contributed by atoms with van der Waals surface area (Å²) >= 11 is 0. The summed E-state index contributed by atoms with van der Waals surface area (Å²) in [5.41, 5.74) is 0. The van der Waals surface area contributed by atoms with Gasteiger partial charge in [-0.15, -0.1) is 0 Å². The molecule has 0 heterocycles. The van der Waals surface area contributed by atoms with E-state index in [2.05, 4.69) is 0 Å². The minimum absolute atomic E-state index is 0. The monoisotopic (exact) mass is 345 g/mol. The fraction of sp³-hybridized carbons (Fsp3) is 0.600. The van der Waals surface area contributed by atoms with Crippen molar-refractivity contribution in [3.63, 3.8) is 0 Å². The number of hydrogen-bond donors (Lipinski definition) is 1. The zero-order valence-electron chi connectivity index (χ0n) is 6.50. The van der Waals surface area contributed by atoms with E-state index in [1.165, 1.54) is 4.90 Å². The van der Waals surface area contributed by atoms with Gasteiger partial charge in [0.15, 0.2) is 0 Å². The van der Waals surface area contributed by atoms with Crippen LogP contribution < -0.4 is 0 Å². The van der Waals surface area contributed by atoms with Gasteiger partial charge in [0.1, 0.15) is 0 Å². The molecule has 5 heteroatoms. The summed E-state index contributed by atoms with van der Waals surface area (Å²) in [5, 5.41) is 7.42. The SMILES string of the molecule is CC(=O)O.CN(C)C=O.[BiH3]. The third-order valence-corrected chi connectivity index (χ3v) is 0.211. The Morgan fingerprint density at radius 2 is 1.60 bits per heavy atom. The second-order valence-corrected chi connectivity index (χ2v) is 1.59. The van der Waals surface area contributed by atoms with Gasteiger partial charge in [-0.25, -0.2) is 0 Å². The van der Waals surface area contributed by atoms with Crippen LogP contribution in [-0.2, 0) is 9.59 Å². The number of carboxylic acid groups (broad SMARTS) is 1. The molecule has 0 fully saturated rings. The number of carbonyl (C=O) groups excluding carboxylic acids is 1. The Bertz CT molecular complexity index is 90.9. The van der Waals surface area contributed by atoms with Gasteiger partial charge in [0.2, 0.25) is 6.41 Å². The fourth-order valence-electron chi connectivity index (χ4n) is 0. The molecule has 0 rings (SSSR count). The van der Waals surface area contributed by atoms with Gasteiger partial charge < -0.3 is 10.0 Å². The third kappa shape index (κ3) is 110. The summed E-state index contributed by atoms with van der Waals surface area (Å²) in [5.74, 6) is -0.833. The van der Waals surface area contributed by atoms with Crippen molar-refractivity contribution in [2.24, 2.45) is 0 Å². The number of carbonyl (C=O) groups is 2. The van der Waals surface area contributed by atoms with Crippen LogP contribution in [0.3, 0.4) is 0 Å². The maximum atomic E-state index is 9.43. The molecule has 0 saturated carbocycles. The van der Waals surface area contributed by atoms with E-state index < -0.39 is 5.97 Å². The molecule has 4 nitrogen and oxygen atoms in total. The van der Waals surface area contributed by atoms with Crippen molar-refractivity contribution < 1.29 is 14.7 Å². The maximum absolute atomic E-state index is 9.43. The molecule has 0 aliphatic heterocycles. The van der Waals surface area contributed by atoms with E-state index in [4.69, 9.17) is 9.90 Å². The number of hydrogen-bond acceptors (Lipinski definition) is 2. The molecule has 1 amide bonds. The number of amides is 1. The van der Waals surface area contributed by atoms with Gasteiger partial charge >= 0.3 is 26.2 Å². The molecular formula is C5H14BiNO3. The third-order valence-electron chi connectivity index (χ3n) is 0.211. The first-order valence-corrected chi connectivity index (χ1v) is 2.32. The summed E-state index contributed by atoms with van der Waals surface area (Å²) < 4.78 is 0. The molecule has 0 aliphatic carbocycles. The summed E-state index contributed by atoms with van der Waals surface area (Å²) in [6, 6.07) is 0. The molecule has 0 aromatic heterocycles. The standard InChI is InChI=1S/C3H7NO.C2H4O2.Bi.3H/c1-4(2)3-5;1-2(3)4;;;;/h3H,1-2H3;1H3,(H,3,4);;;;. The van der Waals surface area contributed by atoms with Gasteiger partial charge in [-0.3, -0.25) is 9.59 Å². The Kier molecular flexibility index (Phi) is 19.1. The first kappa shape index (κ1) is 16.4. The Labute approximate surface area is 79.3 Å². The van der Waals surface area contributed by atoms with Crippen molar-refractivity contribution in [3.8, 4) is 0 Å². The van der Waals surface area contributed by atoms with Crippen LogP contribution in [0.1, 0.15) is 6.92 Å². The van der Waals surface area contributed by atoms with Gasteiger partial charge in [0, 0.05) is 21.0 Å². The molecule has 0 atom stereocenters. The van der Waals surface area contributed by atoms with Crippen molar-refractivity contribution in [1.29, 1.82) is 0 Å². The summed E-state index contributed by atoms with van der Waals surface area (Å²) in [6.07, 6.45) is 0.750. The van der Waals surface area contributed by atoms with Gasteiger partial charge in [-0.1, -0.05) is 0 Å². The van der Waals surface area contributed by atoms with E-state index >= 15 is 0 Å². The van der Waals surface area contributed by atoms with Crippen LogP contribution in [0.15, 0.2) is 0 Å². The normalized spacial score (nSPS) is 5.90. The van der Waals surface area contributed by atoms with E-state index in [9.17, 15) is 4.79 Å². The predicted octanol–water partition coefficient (Wildman–Crippen LogP) is -1.39. The number of carboxylic acids is 1. The van der Waals surface area contributed by atoms with Crippen molar-refractivity contribution in [2.45, 2.75) is 6.92 Å². The average Bonchev–Trinajstić information content (AvgIpc) is 1.65. The topological polar surface area (TPSA) is 57.6 Å². The van der Waals surface area contributed by atoms with Crippen molar-refractivity contribution in [3.05, 3.63) is 0 Å². The molecule has 0 unspecified atom stereocenters. The Balaban J connectivity index is -0.0000000910. The second-order valence-electron chi connectivity index (χ2n) is 1.59. The first-order valence-electron chi connectivity index (χ1n) is 2.32. The van der Waals surface area contributed by atoms with Crippen LogP contribution in [0.5, 0.6) is 0 Å². The van der Waals surface area contributed by atoms with E-state index in [0.29, 0.717) is 0 Å². The Morgan fingerprint density at radius 3 is 1.60 bits per heavy atom. The summed E-state index contributed by atoms with van der Waals surface area (Å²) in [4.78, 5) is 19.9. The molecule has 1 N–H and O–H groups in total. The van der Waals surface area contributed by atoms with Gasteiger partial charge in [0.25, 0.3) is 5.97 Å². The minimum atomic E-state index is -0.833. The Hall–Kier alpha value is -0.177. The van der Waals surface area contributed by atoms with Crippen molar-refractivity contribution >= 4 is 38.6 Å². The van der Waals surface area contributed by atoms with Crippen LogP contribution >= 0.6 is 0 Å². The van der Waals surface area contributed by atoms with Gasteiger partial charge in [0.05, 0.1) is 0 Å². The van der Waals surface area contributed by atoms with Crippen molar-refractivity contribution in [1.82, 2.24) is 4.90 Å². The van der Waals surface area contributed by atoms with E-state index in [1.807, 2.05) is 0 Å². The zero-order chi connectivity index (χ0) is 7.86. The second kappa shape index (κ2) is 11.6. The Morgan fingerprint density at radius 1 is 1.50 bits per heavy atom. The predicted molar refractivity (Wildman–Crippen MR) is 43.0 cm³/mol. The molecule has 62 valence electrons. The summed E-state index contributed by atoms with van der Waals surface area (Å²) in [7, 11) is 3.38. The van der Waals surface area contributed by atoms with Crippen LogP contribution in [0.25, 0.3) is 0 Å².